The molecule has 144 valence electrons. The van der Waals surface area contributed by atoms with Crippen molar-refractivity contribution in [1.82, 2.24) is 8.88 Å². The van der Waals surface area contributed by atoms with Gasteiger partial charge in [-0.3, -0.25) is 0 Å². The molecule has 1 saturated heterocycles. The average Bonchev–Trinajstić information content (AvgIpc) is 2.59. The topological polar surface area (TPSA) is 6.48 Å². The molecule has 1 heterocycles. The predicted octanol–water partition coefficient (Wildman–Crippen LogP) is 6.84. The summed E-state index contributed by atoms with van der Waals surface area (Å²) in [6.07, 6.45) is 0. The van der Waals surface area contributed by atoms with Crippen LogP contribution in [0.15, 0.2) is 60.7 Å². The molecule has 4 heteroatoms. The minimum atomic E-state index is -0.712. The third kappa shape index (κ3) is 4.84. The lowest BCUT2D eigenvalue weighted by Crippen LogP contribution is -2.52. The van der Waals surface area contributed by atoms with Gasteiger partial charge in [-0.05, 0) is 77.1 Å². The van der Waals surface area contributed by atoms with E-state index in [1.807, 2.05) is 36.4 Å². The average molecular weight is 406 g/mol. The molecule has 0 amide bonds. The summed E-state index contributed by atoms with van der Waals surface area (Å²) >= 11 is 0. The maximum absolute atomic E-state index is 3.59. The summed E-state index contributed by atoms with van der Waals surface area (Å²) in [4.78, 5) is 0. The summed E-state index contributed by atoms with van der Waals surface area (Å²) in [5.41, 5.74) is 9.37. The van der Waals surface area contributed by atoms with Crippen LogP contribution in [0.2, 0.25) is 0 Å². The summed E-state index contributed by atoms with van der Waals surface area (Å²) in [5.74, 6) is 6.81. The van der Waals surface area contributed by atoms with Crippen molar-refractivity contribution in [1.29, 1.82) is 0 Å². The zero-order chi connectivity index (χ0) is 20.4. The highest BCUT2D eigenvalue weighted by Crippen LogP contribution is 2.80. The highest BCUT2D eigenvalue weighted by molar-refractivity contribution is 7.87. The van der Waals surface area contributed by atoms with Gasteiger partial charge >= 0.3 is 0 Å². The Morgan fingerprint density at radius 3 is 1.18 bits per heavy atom. The summed E-state index contributed by atoms with van der Waals surface area (Å²) in [5, 5.41) is 0. The lowest BCUT2D eigenvalue weighted by molar-refractivity contribution is 0.291. The third-order valence-electron chi connectivity index (χ3n) is 4.07. The second-order valence-corrected chi connectivity index (χ2v) is 12.5. The molecule has 3 rings (SSSR count). The van der Waals surface area contributed by atoms with Gasteiger partial charge in [-0.15, -0.1) is 0 Å². The number of nitrogens with zero attached hydrogens (tertiary/aromatic N) is 2. The maximum atomic E-state index is 3.59. The zero-order valence-corrected chi connectivity index (χ0v) is 19.4. The van der Waals surface area contributed by atoms with Crippen LogP contribution in [0, 0.1) is 23.2 Å². The van der Waals surface area contributed by atoms with E-state index in [0.29, 0.717) is 0 Å². The lowest BCUT2D eigenvalue weighted by atomic mass is 10.1. The van der Waals surface area contributed by atoms with Crippen LogP contribution in [0.5, 0.6) is 0 Å². The molecule has 0 aromatic heterocycles. The number of hydrogen-bond donors (Lipinski definition) is 0. The Morgan fingerprint density at radius 2 is 0.893 bits per heavy atom. The van der Waals surface area contributed by atoms with Crippen molar-refractivity contribution >= 4 is 16.4 Å². The van der Waals surface area contributed by atoms with Gasteiger partial charge < -0.3 is 0 Å². The maximum Gasteiger partial charge on any atom is 0.134 e. The van der Waals surface area contributed by atoms with Crippen molar-refractivity contribution in [3.63, 3.8) is 0 Å². The molecule has 2 aromatic rings. The van der Waals surface area contributed by atoms with Gasteiger partial charge in [0.2, 0.25) is 0 Å². The molecule has 1 fully saturated rings. The van der Waals surface area contributed by atoms with Crippen LogP contribution in [-0.4, -0.2) is 20.0 Å². The molecule has 0 aliphatic carbocycles. The smallest absolute Gasteiger partial charge is 0.134 e. The molecule has 0 N–H and O–H groups in total. The summed E-state index contributed by atoms with van der Waals surface area (Å²) in [7, 11) is -1.42. The van der Waals surface area contributed by atoms with E-state index in [1.54, 1.807) is 0 Å². The van der Waals surface area contributed by atoms with E-state index in [0.717, 1.165) is 11.1 Å². The van der Waals surface area contributed by atoms with Gasteiger partial charge in [0.15, 0.2) is 0 Å². The first-order valence-electron chi connectivity index (χ1n) is 9.52. The van der Waals surface area contributed by atoms with E-state index in [9.17, 15) is 0 Å². The molecule has 28 heavy (non-hydrogen) atoms. The highest BCUT2D eigenvalue weighted by atomic mass is 31.3. The van der Waals surface area contributed by atoms with Crippen molar-refractivity contribution in [2.45, 2.75) is 52.6 Å². The molecule has 2 aromatic carbocycles. The molecule has 1 aliphatic rings. The SMILES string of the molecule is CC(C)(C)N1P(C#Cc2ccccc2)N(C(C)(C)C)P1C#Cc1ccccc1. The molecule has 0 unspecified atom stereocenters. The van der Waals surface area contributed by atoms with Crippen molar-refractivity contribution in [2.24, 2.45) is 0 Å². The predicted molar refractivity (Wildman–Crippen MR) is 124 cm³/mol. The van der Waals surface area contributed by atoms with E-state index >= 15 is 0 Å². The number of rotatable bonds is 0. The number of benzene rings is 2. The van der Waals surface area contributed by atoms with Gasteiger partial charge in [0.1, 0.15) is 16.4 Å². The van der Waals surface area contributed by atoms with Gasteiger partial charge in [-0.2, -0.15) is 0 Å². The van der Waals surface area contributed by atoms with Gasteiger partial charge in [0.05, 0.1) is 0 Å². The van der Waals surface area contributed by atoms with E-state index in [4.69, 9.17) is 0 Å². The van der Waals surface area contributed by atoms with Gasteiger partial charge in [0.25, 0.3) is 0 Å². The standard InChI is InChI=1S/C24H28N2P2/c1-23(2,3)25-27(19-17-21-13-9-7-10-14-21)26(24(4,5)6)28(25)20-18-22-15-11-8-12-16-22/h7-16H,1-6H3. The Kier molecular flexibility index (Phi) is 6.30. The fourth-order valence-corrected chi connectivity index (χ4v) is 8.58. The van der Waals surface area contributed by atoms with Gasteiger partial charge in [-0.25, -0.2) is 8.88 Å². The Morgan fingerprint density at radius 1 is 0.571 bits per heavy atom. The molecule has 0 spiro atoms. The van der Waals surface area contributed by atoms with Crippen LogP contribution < -0.4 is 0 Å². The summed E-state index contributed by atoms with van der Waals surface area (Å²) in [6, 6.07) is 20.5. The van der Waals surface area contributed by atoms with E-state index in [2.05, 4.69) is 97.9 Å². The molecule has 0 atom stereocenters. The largest absolute Gasteiger partial charge is 0.208 e. The van der Waals surface area contributed by atoms with E-state index < -0.39 is 16.4 Å². The Hall–Kier alpha value is -1.66. The first-order valence-corrected chi connectivity index (χ1v) is 12.0. The highest BCUT2D eigenvalue weighted by Gasteiger charge is 2.55. The molecule has 2 nitrogen and oxygen atoms in total. The summed E-state index contributed by atoms with van der Waals surface area (Å²) < 4.78 is 5.10. The normalized spacial score (nSPS) is 20.4. The van der Waals surface area contributed by atoms with Crippen LogP contribution in [0.25, 0.3) is 0 Å². The van der Waals surface area contributed by atoms with Crippen LogP contribution in [0.3, 0.4) is 0 Å². The Labute approximate surface area is 173 Å². The molecular formula is C24H28N2P2. The van der Waals surface area contributed by atoms with Crippen molar-refractivity contribution in [3.8, 4) is 23.2 Å². The van der Waals surface area contributed by atoms with Crippen LogP contribution in [0.1, 0.15) is 52.7 Å². The fraction of sp³-hybridized carbons (Fsp3) is 0.333. The minimum absolute atomic E-state index is 0.0237. The molecule has 0 radical (unpaired) electrons. The molecule has 0 saturated carbocycles. The Balaban J connectivity index is 1.97. The van der Waals surface area contributed by atoms with Crippen molar-refractivity contribution in [2.75, 3.05) is 0 Å². The van der Waals surface area contributed by atoms with Crippen LogP contribution in [-0.2, 0) is 0 Å². The molecular weight excluding hydrogens is 378 g/mol. The Bertz CT molecular complexity index is 832. The molecule has 1 aliphatic heterocycles. The molecule has 0 bridgehead atoms. The second kappa shape index (κ2) is 8.37. The van der Waals surface area contributed by atoms with E-state index in [-0.39, 0.29) is 11.1 Å². The quantitative estimate of drug-likeness (QED) is 0.349. The monoisotopic (exact) mass is 406 g/mol. The van der Waals surface area contributed by atoms with Gasteiger partial charge in [0, 0.05) is 22.2 Å². The number of hydrogen-bond acceptors (Lipinski definition) is 2. The van der Waals surface area contributed by atoms with Crippen molar-refractivity contribution in [3.05, 3.63) is 71.8 Å². The lowest BCUT2D eigenvalue weighted by Gasteiger charge is -2.61. The van der Waals surface area contributed by atoms with E-state index in [1.165, 1.54) is 0 Å². The second-order valence-electron chi connectivity index (χ2n) is 8.71. The van der Waals surface area contributed by atoms with Crippen molar-refractivity contribution < 1.29 is 0 Å². The zero-order valence-electron chi connectivity index (χ0n) is 17.6. The summed E-state index contributed by atoms with van der Waals surface area (Å²) in [6.45, 7) is 13.6. The fourth-order valence-electron chi connectivity index (χ4n) is 2.89. The van der Waals surface area contributed by atoms with Crippen LogP contribution in [0.4, 0.5) is 0 Å². The van der Waals surface area contributed by atoms with Crippen LogP contribution >= 0.6 is 16.4 Å². The third-order valence-corrected chi connectivity index (χ3v) is 10.6. The minimum Gasteiger partial charge on any atom is -0.208 e. The first kappa shape index (κ1) is 21.1. The first-order chi connectivity index (χ1) is 13.2. The van der Waals surface area contributed by atoms with Gasteiger partial charge in [-0.1, -0.05) is 48.2 Å².